The van der Waals surface area contributed by atoms with Crippen LogP contribution < -0.4 is 5.32 Å². The van der Waals surface area contributed by atoms with Crippen LogP contribution in [0.2, 0.25) is 0 Å². The summed E-state index contributed by atoms with van der Waals surface area (Å²) < 4.78 is 4.83. The molecule has 0 bridgehead atoms. The lowest BCUT2D eigenvalue weighted by atomic mass is 10.2. The average Bonchev–Trinajstić information content (AvgIpc) is 2.97. The highest BCUT2D eigenvalue weighted by atomic mass is 32.1. The van der Waals surface area contributed by atoms with Crippen LogP contribution in [0.15, 0.2) is 22.9 Å². The van der Waals surface area contributed by atoms with Gasteiger partial charge in [-0.05, 0) is 32.4 Å². The van der Waals surface area contributed by atoms with Gasteiger partial charge in [0.15, 0.2) is 5.78 Å². The lowest BCUT2D eigenvalue weighted by Crippen LogP contribution is -2.25. The molecule has 1 N–H and O–H groups in total. The molecule has 2 aromatic rings. The monoisotopic (exact) mass is 278 g/mol. The zero-order valence-electron chi connectivity index (χ0n) is 10.7. The van der Waals surface area contributed by atoms with Crippen LogP contribution in [0.1, 0.15) is 37.6 Å². The van der Waals surface area contributed by atoms with E-state index in [4.69, 9.17) is 4.52 Å². The van der Waals surface area contributed by atoms with Crippen LogP contribution in [0.4, 0.5) is 0 Å². The van der Waals surface area contributed by atoms with Crippen LogP contribution in [0, 0.1) is 6.92 Å². The third-order valence-electron chi connectivity index (χ3n) is 2.66. The molecule has 0 saturated carbocycles. The van der Waals surface area contributed by atoms with E-state index >= 15 is 0 Å². The van der Waals surface area contributed by atoms with Crippen molar-refractivity contribution in [2.45, 2.75) is 20.3 Å². The second-order valence-electron chi connectivity index (χ2n) is 4.12. The van der Waals surface area contributed by atoms with E-state index in [0.29, 0.717) is 24.3 Å². The molecule has 0 aliphatic rings. The number of nitrogens with zero attached hydrogens (tertiary/aromatic N) is 1. The van der Waals surface area contributed by atoms with Crippen molar-refractivity contribution in [2.75, 3.05) is 6.54 Å². The van der Waals surface area contributed by atoms with Gasteiger partial charge in [-0.2, -0.15) is 0 Å². The van der Waals surface area contributed by atoms with Crippen molar-refractivity contribution in [3.8, 4) is 0 Å². The molecule has 0 aliphatic carbocycles. The largest absolute Gasteiger partial charge is 0.361 e. The number of Topliss-reactive ketones (excluding diaryl/α,β-unsaturated/α-hetero) is 1. The number of carbonyl (C=O) groups excluding carboxylic acids is 2. The van der Waals surface area contributed by atoms with E-state index in [9.17, 15) is 9.59 Å². The minimum Gasteiger partial charge on any atom is -0.361 e. The summed E-state index contributed by atoms with van der Waals surface area (Å²) in [5, 5.41) is 6.36. The van der Waals surface area contributed by atoms with Gasteiger partial charge in [0.25, 0.3) is 5.91 Å². The first-order chi connectivity index (χ1) is 9.08. The quantitative estimate of drug-likeness (QED) is 0.851. The van der Waals surface area contributed by atoms with Crippen LogP contribution in [0.5, 0.6) is 0 Å². The molecule has 0 saturated heterocycles. The highest BCUT2D eigenvalue weighted by molar-refractivity contribution is 7.14. The number of nitrogens with one attached hydrogen (secondary N) is 1. The predicted octanol–water partition coefficient (Wildman–Crippen LogP) is 2.22. The molecule has 6 heteroatoms. The minimum absolute atomic E-state index is 0.0698. The van der Waals surface area contributed by atoms with Crippen LogP contribution in [-0.4, -0.2) is 23.4 Å². The van der Waals surface area contributed by atoms with Gasteiger partial charge in [-0.25, -0.2) is 0 Å². The maximum atomic E-state index is 11.8. The number of hydrogen-bond donors (Lipinski definition) is 1. The zero-order chi connectivity index (χ0) is 13.8. The first-order valence-electron chi connectivity index (χ1n) is 5.87. The molecule has 5 nitrogen and oxygen atoms in total. The van der Waals surface area contributed by atoms with Crippen LogP contribution in [0.3, 0.4) is 0 Å². The van der Waals surface area contributed by atoms with E-state index in [1.165, 1.54) is 17.5 Å². The topological polar surface area (TPSA) is 72.2 Å². The number of rotatable bonds is 5. The van der Waals surface area contributed by atoms with Gasteiger partial charge in [0, 0.05) is 11.4 Å². The van der Waals surface area contributed by atoms with Gasteiger partial charge < -0.3 is 9.84 Å². The molecule has 0 fully saturated rings. The number of aryl methyl sites for hydroxylation is 1. The third kappa shape index (κ3) is 3.29. The van der Waals surface area contributed by atoms with Gasteiger partial charge >= 0.3 is 0 Å². The Bertz CT molecular complexity index is 601. The van der Waals surface area contributed by atoms with E-state index in [-0.39, 0.29) is 11.7 Å². The lowest BCUT2D eigenvalue weighted by molar-refractivity contribution is 0.0951. The summed E-state index contributed by atoms with van der Waals surface area (Å²) in [5.41, 5.74) is 0.454. The second-order valence-corrected chi connectivity index (χ2v) is 5.29. The molecule has 0 spiro atoms. The molecule has 0 unspecified atom stereocenters. The molecule has 2 rings (SSSR count). The van der Waals surface area contributed by atoms with Crippen molar-refractivity contribution < 1.29 is 14.1 Å². The SMILES string of the molecule is CC(=O)c1ccc(CCNC(=O)c2cnoc2C)s1. The average molecular weight is 278 g/mol. The molecule has 19 heavy (non-hydrogen) atoms. The number of carbonyl (C=O) groups is 2. The Labute approximate surface area is 114 Å². The molecule has 0 radical (unpaired) electrons. The summed E-state index contributed by atoms with van der Waals surface area (Å²) >= 11 is 1.46. The van der Waals surface area contributed by atoms with Gasteiger partial charge in [-0.1, -0.05) is 5.16 Å². The van der Waals surface area contributed by atoms with E-state index in [2.05, 4.69) is 10.5 Å². The highest BCUT2D eigenvalue weighted by Crippen LogP contribution is 2.17. The van der Waals surface area contributed by atoms with Crippen molar-refractivity contribution in [1.82, 2.24) is 10.5 Å². The van der Waals surface area contributed by atoms with E-state index in [0.717, 1.165) is 9.75 Å². The van der Waals surface area contributed by atoms with Gasteiger partial charge in [0.1, 0.15) is 11.3 Å². The van der Waals surface area contributed by atoms with Crippen LogP contribution in [0.25, 0.3) is 0 Å². The minimum atomic E-state index is -0.193. The number of hydrogen-bond acceptors (Lipinski definition) is 5. The normalized spacial score (nSPS) is 10.4. The highest BCUT2D eigenvalue weighted by Gasteiger charge is 2.12. The maximum absolute atomic E-state index is 11.8. The smallest absolute Gasteiger partial charge is 0.256 e. The third-order valence-corrected chi connectivity index (χ3v) is 3.91. The molecule has 0 aromatic carbocycles. The van der Waals surface area contributed by atoms with Gasteiger partial charge in [-0.15, -0.1) is 11.3 Å². The van der Waals surface area contributed by atoms with Gasteiger partial charge in [0.2, 0.25) is 0 Å². The Morgan fingerprint density at radius 1 is 1.42 bits per heavy atom. The van der Waals surface area contributed by atoms with Crippen molar-refractivity contribution in [3.05, 3.63) is 39.4 Å². The Morgan fingerprint density at radius 3 is 2.79 bits per heavy atom. The van der Waals surface area contributed by atoms with Crippen molar-refractivity contribution in [1.29, 1.82) is 0 Å². The Balaban J connectivity index is 1.85. The molecular formula is C13H14N2O3S. The van der Waals surface area contributed by atoms with Gasteiger partial charge in [0.05, 0.1) is 11.1 Å². The van der Waals surface area contributed by atoms with Crippen molar-refractivity contribution in [3.63, 3.8) is 0 Å². The number of aromatic nitrogens is 1. The van der Waals surface area contributed by atoms with E-state index < -0.39 is 0 Å². The lowest BCUT2D eigenvalue weighted by Gasteiger charge is -2.02. The molecule has 0 atom stereocenters. The number of ketones is 1. The summed E-state index contributed by atoms with van der Waals surface area (Å²) in [7, 11) is 0. The van der Waals surface area contributed by atoms with E-state index in [1.54, 1.807) is 13.8 Å². The predicted molar refractivity (Wildman–Crippen MR) is 71.6 cm³/mol. The summed E-state index contributed by atoms with van der Waals surface area (Å²) in [6.07, 6.45) is 2.11. The summed E-state index contributed by atoms with van der Waals surface area (Å²) in [5.74, 6) is 0.384. The fraction of sp³-hybridized carbons (Fsp3) is 0.308. The second kappa shape index (κ2) is 5.79. The fourth-order valence-electron chi connectivity index (χ4n) is 1.61. The maximum Gasteiger partial charge on any atom is 0.256 e. The van der Waals surface area contributed by atoms with Crippen LogP contribution >= 0.6 is 11.3 Å². The number of thiophene rings is 1. The fourth-order valence-corrected chi connectivity index (χ4v) is 2.52. The molecule has 2 heterocycles. The van der Waals surface area contributed by atoms with Crippen LogP contribution in [-0.2, 0) is 6.42 Å². The van der Waals surface area contributed by atoms with Gasteiger partial charge in [-0.3, -0.25) is 9.59 Å². The first-order valence-corrected chi connectivity index (χ1v) is 6.68. The molecule has 0 aliphatic heterocycles. The van der Waals surface area contributed by atoms with Crippen molar-refractivity contribution in [2.24, 2.45) is 0 Å². The summed E-state index contributed by atoms with van der Waals surface area (Å²) in [4.78, 5) is 24.7. The summed E-state index contributed by atoms with van der Waals surface area (Å²) in [6, 6.07) is 3.73. The molecule has 1 amide bonds. The summed E-state index contributed by atoms with van der Waals surface area (Å²) in [6.45, 7) is 3.76. The molecular weight excluding hydrogens is 264 g/mol. The Kier molecular flexibility index (Phi) is 4.11. The molecule has 2 aromatic heterocycles. The molecule has 100 valence electrons. The van der Waals surface area contributed by atoms with E-state index in [1.807, 2.05) is 12.1 Å². The standard InChI is InChI=1S/C13H14N2O3S/c1-8(16)12-4-3-10(19-12)5-6-14-13(17)11-7-15-18-9(11)2/h3-4,7H,5-6H2,1-2H3,(H,14,17). The first kappa shape index (κ1) is 13.5. The zero-order valence-corrected chi connectivity index (χ0v) is 11.5. The Morgan fingerprint density at radius 2 is 2.21 bits per heavy atom. The number of amides is 1. The van der Waals surface area contributed by atoms with Crippen molar-refractivity contribution >= 4 is 23.0 Å². The Hall–Kier alpha value is -1.95.